The Hall–Kier alpha value is -2.86. The minimum atomic E-state index is -0.201. The van der Waals surface area contributed by atoms with Crippen molar-refractivity contribution in [2.75, 3.05) is 0 Å². The molecule has 3 nitrogen and oxygen atoms in total. The number of rotatable bonds is 2. The summed E-state index contributed by atoms with van der Waals surface area (Å²) in [6.07, 6.45) is 1.72. The molecule has 0 aliphatic rings. The fourth-order valence-electron chi connectivity index (χ4n) is 2.25. The second-order valence-corrected chi connectivity index (χ2v) is 5.07. The van der Waals surface area contributed by atoms with E-state index in [1.165, 1.54) is 16.1 Å². The lowest BCUT2D eigenvalue weighted by atomic mass is 10.1. The minimum Gasteiger partial charge on any atom is -0.267 e. The van der Waals surface area contributed by atoms with Crippen LogP contribution in [0.5, 0.6) is 0 Å². The molecule has 0 bridgehead atoms. The first-order valence-electron chi connectivity index (χ1n) is 7.36. The molecule has 22 heavy (non-hydrogen) atoms. The Morgan fingerprint density at radius 3 is 2.68 bits per heavy atom. The standard InChI is InChI=1S/C19H16N2O/c1-2-3-6-13-21-19(22)12-11-18(20-21)17-10-9-15-7-4-5-8-16(15)14-17/h4-5,7-12,14H,2-3H2,1H3. The summed E-state index contributed by atoms with van der Waals surface area (Å²) in [5.74, 6) is 2.95. The summed E-state index contributed by atoms with van der Waals surface area (Å²) >= 11 is 0. The van der Waals surface area contributed by atoms with E-state index in [0.29, 0.717) is 0 Å². The molecule has 1 heterocycles. The molecule has 0 amide bonds. The van der Waals surface area contributed by atoms with E-state index in [2.05, 4.69) is 48.3 Å². The van der Waals surface area contributed by atoms with Crippen molar-refractivity contribution in [3.63, 3.8) is 0 Å². The molecule has 3 rings (SSSR count). The molecule has 1 aromatic heterocycles. The molecule has 0 atom stereocenters. The number of hydrogen-bond donors (Lipinski definition) is 0. The van der Waals surface area contributed by atoms with Crippen molar-refractivity contribution in [1.29, 1.82) is 0 Å². The van der Waals surface area contributed by atoms with Gasteiger partial charge in [0.15, 0.2) is 0 Å². The van der Waals surface area contributed by atoms with Crippen molar-refractivity contribution in [2.45, 2.75) is 19.8 Å². The zero-order valence-electron chi connectivity index (χ0n) is 12.4. The van der Waals surface area contributed by atoms with Crippen LogP contribution in [0.25, 0.3) is 22.0 Å². The highest BCUT2D eigenvalue weighted by molar-refractivity contribution is 5.86. The zero-order chi connectivity index (χ0) is 15.4. The van der Waals surface area contributed by atoms with Crippen LogP contribution in [0.1, 0.15) is 19.8 Å². The van der Waals surface area contributed by atoms with Crippen molar-refractivity contribution in [2.24, 2.45) is 0 Å². The third-order valence-corrected chi connectivity index (χ3v) is 3.41. The molecule has 0 aliphatic carbocycles. The van der Waals surface area contributed by atoms with E-state index in [-0.39, 0.29) is 5.56 Å². The summed E-state index contributed by atoms with van der Waals surface area (Å²) in [4.78, 5) is 11.8. The van der Waals surface area contributed by atoms with Gasteiger partial charge in [-0.2, -0.15) is 9.78 Å². The van der Waals surface area contributed by atoms with Crippen molar-refractivity contribution in [3.05, 3.63) is 65.0 Å². The Morgan fingerprint density at radius 2 is 1.86 bits per heavy atom. The Morgan fingerprint density at radius 1 is 1.05 bits per heavy atom. The average Bonchev–Trinajstić information content (AvgIpc) is 2.56. The first-order chi connectivity index (χ1) is 10.8. The number of nitrogens with zero attached hydrogens (tertiary/aromatic N) is 2. The van der Waals surface area contributed by atoms with E-state index in [4.69, 9.17) is 0 Å². The molecule has 0 spiro atoms. The van der Waals surface area contributed by atoms with Crippen LogP contribution < -0.4 is 5.56 Å². The van der Waals surface area contributed by atoms with Crippen molar-refractivity contribution in [1.82, 2.24) is 9.78 Å². The molecule has 3 aromatic rings. The predicted molar refractivity (Wildman–Crippen MR) is 89.5 cm³/mol. The van der Waals surface area contributed by atoms with Crippen LogP contribution in [-0.4, -0.2) is 9.78 Å². The van der Waals surface area contributed by atoms with Crippen LogP contribution in [0.3, 0.4) is 0 Å². The third kappa shape index (κ3) is 2.91. The SMILES string of the molecule is CCCC#Cn1nc(-c2ccc3ccccc3c2)ccc1=O. The lowest BCUT2D eigenvalue weighted by molar-refractivity contribution is 0.838. The first-order valence-corrected chi connectivity index (χ1v) is 7.36. The first kappa shape index (κ1) is 14.1. The molecule has 3 heteroatoms. The molecule has 0 fully saturated rings. The quantitative estimate of drug-likeness (QED) is 0.674. The second-order valence-electron chi connectivity index (χ2n) is 5.07. The van der Waals surface area contributed by atoms with Crippen LogP contribution >= 0.6 is 0 Å². The normalized spacial score (nSPS) is 10.2. The van der Waals surface area contributed by atoms with Gasteiger partial charge in [-0.1, -0.05) is 49.2 Å². The van der Waals surface area contributed by atoms with E-state index in [9.17, 15) is 4.79 Å². The average molecular weight is 288 g/mol. The van der Waals surface area contributed by atoms with E-state index >= 15 is 0 Å². The summed E-state index contributed by atoms with van der Waals surface area (Å²) in [6, 6.07) is 20.4. The molecule has 0 unspecified atom stereocenters. The molecule has 0 saturated carbocycles. The summed E-state index contributed by atoms with van der Waals surface area (Å²) in [5.41, 5.74) is 1.52. The second kappa shape index (κ2) is 6.28. The monoisotopic (exact) mass is 288 g/mol. The van der Waals surface area contributed by atoms with Gasteiger partial charge in [0.25, 0.3) is 5.56 Å². The Kier molecular flexibility index (Phi) is 4.02. The van der Waals surface area contributed by atoms with Crippen molar-refractivity contribution >= 4 is 10.8 Å². The van der Waals surface area contributed by atoms with Gasteiger partial charge < -0.3 is 0 Å². The van der Waals surface area contributed by atoms with E-state index in [0.717, 1.165) is 29.5 Å². The lowest BCUT2D eigenvalue weighted by Gasteiger charge is -2.04. The van der Waals surface area contributed by atoms with Gasteiger partial charge in [-0.05, 0) is 29.3 Å². The Balaban J connectivity index is 2.05. The summed E-state index contributed by atoms with van der Waals surface area (Å²) in [7, 11) is 0. The van der Waals surface area contributed by atoms with Gasteiger partial charge in [0.05, 0.1) is 5.69 Å². The topological polar surface area (TPSA) is 34.9 Å². The number of unbranched alkanes of at least 4 members (excludes halogenated alkanes) is 1. The highest BCUT2D eigenvalue weighted by atomic mass is 16.1. The smallest absolute Gasteiger partial charge is 0.267 e. The fraction of sp³-hybridized carbons (Fsp3) is 0.158. The van der Waals surface area contributed by atoms with Gasteiger partial charge >= 0.3 is 0 Å². The van der Waals surface area contributed by atoms with Gasteiger partial charge in [0.2, 0.25) is 0 Å². The third-order valence-electron chi connectivity index (χ3n) is 3.41. The Bertz CT molecular complexity index is 929. The van der Waals surface area contributed by atoms with Gasteiger partial charge in [-0.3, -0.25) is 4.79 Å². The summed E-state index contributed by atoms with van der Waals surface area (Å²) < 4.78 is 1.22. The van der Waals surface area contributed by atoms with Crippen LogP contribution in [0.4, 0.5) is 0 Å². The van der Waals surface area contributed by atoms with E-state index in [1.54, 1.807) is 6.07 Å². The van der Waals surface area contributed by atoms with Crippen molar-refractivity contribution in [3.8, 4) is 23.2 Å². The maximum atomic E-state index is 11.8. The molecule has 0 aliphatic heterocycles. The van der Waals surface area contributed by atoms with Gasteiger partial charge in [-0.25, -0.2) is 0 Å². The maximum Gasteiger partial charge on any atom is 0.279 e. The molecule has 0 radical (unpaired) electrons. The van der Waals surface area contributed by atoms with Gasteiger partial charge in [-0.15, -0.1) is 0 Å². The van der Waals surface area contributed by atoms with Gasteiger partial charge in [0.1, 0.15) is 0 Å². The van der Waals surface area contributed by atoms with E-state index in [1.807, 2.05) is 18.2 Å². The highest BCUT2D eigenvalue weighted by Crippen LogP contribution is 2.22. The lowest BCUT2D eigenvalue weighted by Crippen LogP contribution is -2.18. The number of benzene rings is 2. The van der Waals surface area contributed by atoms with Crippen LogP contribution in [0.2, 0.25) is 0 Å². The summed E-state index contributed by atoms with van der Waals surface area (Å²) in [5, 5.41) is 6.68. The van der Waals surface area contributed by atoms with Crippen LogP contribution in [0.15, 0.2) is 59.4 Å². The summed E-state index contributed by atoms with van der Waals surface area (Å²) in [6.45, 7) is 2.05. The number of aromatic nitrogens is 2. The van der Waals surface area contributed by atoms with Crippen LogP contribution in [0, 0.1) is 12.0 Å². The number of hydrogen-bond acceptors (Lipinski definition) is 2. The predicted octanol–water partition coefficient (Wildman–Crippen LogP) is 3.67. The maximum absolute atomic E-state index is 11.8. The Labute approximate surface area is 129 Å². The molecular formula is C19H16N2O. The molecule has 0 N–H and O–H groups in total. The number of fused-ring (bicyclic) bond motifs is 1. The van der Waals surface area contributed by atoms with E-state index < -0.39 is 0 Å². The molecular weight excluding hydrogens is 272 g/mol. The highest BCUT2D eigenvalue weighted by Gasteiger charge is 2.03. The zero-order valence-corrected chi connectivity index (χ0v) is 12.4. The minimum absolute atomic E-state index is 0.201. The molecule has 0 saturated heterocycles. The fourth-order valence-corrected chi connectivity index (χ4v) is 2.25. The molecule has 2 aromatic carbocycles. The molecule has 108 valence electrons. The largest absolute Gasteiger partial charge is 0.279 e. The van der Waals surface area contributed by atoms with Crippen LogP contribution in [-0.2, 0) is 0 Å². The van der Waals surface area contributed by atoms with Crippen molar-refractivity contribution < 1.29 is 0 Å². The van der Waals surface area contributed by atoms with Gasteiger partial charge in [0, 0.05) is 24.1 Å².